The van der Waals surface area contributed by atoms with Crippen LogP contribution in [-0.4, -0.2) is 50.6 Å². The average Bonchev–Trinajstić information content (AvgIpc) is 2.71. The zero-order chi connectivity index (χ0) is 12.8. The van der Waals surface area contributed by atoms with Crippen molar-refractivity contribution in [2.75, 3.05) is 33.8 Å². The first-order valence-corrected chi connectivity index (χ1v) is 5.61. The van der Waals surface area contributed by atoms with Crippen molar-refractivity contribution in [3.8, 4) is 12.3 Å². The number of carbonyl (C=O) groups excluding carboxylic acids is 1. The fourth-order valence-corrected chi connectivity index (χ4v) is 2.06. The predicted molar refractivity (Wildman–Crippen MR) is 81.9 cm³/mol. The minimum Gasteiger partial charge on any atom is -0.469 e. The van der Waals surface area contributed by atoms with Gasteiger partial charge in [-0.1, -0.05) is 12.8 Å². The molecule has 102 valence electrons. The minimum absolute atomic E-state index is 0. The standard InChI is InChI=1S/C12H19N3O2.HI/c1-5-6-14-12(13-3)15-7-9(2)10(8-15)11(16)17-4;/h1,9-10H,6-8H2,2-4H3,(H,13,14);1H. The quantitative estimate of drug-likeness (QED) is 0.255. The smallest absolute Gasteiger partial charge is 0.310 e. The molecular weight excluding hydrogens is 345 g/mol. The molecule has 0 aromatic heterocycles. The van der Waals surface area contributed by atoms with Gasteiger partial charge >= 0.3 is 5.97 Å². The number of methoxy groups -OCH3 is 1. The summed E-state index contributed by atoms with van der Waals surface area (Å²) in [5.41, 5.74) is 0. The van der Waals surface area contributed by atoms with E-state index >= 15 is 0 Å². The molecule has 18 heavy (non-hydrogen) atoms. The van der Waals surface area contributed by atoms with Gasteiger partial charge in [0.15, 0.2) is 5.96 Å². The second kappa shape index (κ2) is 8.19. The third-order valence-corrected chi connectivity index (χ3v) is 2.98. The van der Waals surface area contributed by atoms with E-state index in [-0.39, 0.29) is 41.8 Å². The molecule has 1 fully saturated rings. The number of likely N-dealkylation sites (tertiary alicyclic amines) is 1. The van der Waals surface area contributed by atoms with Gasteiger partial charge in [-0.25, -0.2) is 0 Å². The predicted octanol–water partition coefficient (Wildman–Crippen LogP) is 0.554. The summed E-state index contributed by atoms with van der Waals surface area (Å²) in [4.78, 5) is 17.7. The van der Waals surface area contributed by atoms with E-state index in [1.807, 2.05) is 11.8 Å². The topological polar surface area (TPSA) is 53.9 Å². The summed E-state index contributed by atoms with van der Waals surface area (Å²) in [7, 11) is 3.12. The molecule has 5 nitrogen and oxygen atoms in total. The van der Waals surface area contributed by atoms with Gasteiger partial charge in [0.2, 0.25) is 0 Å². The Kier molecular flexibility index (Phi) is 7.75. The number of hydrogen-bond acceptors (Lipinski definition) is 3. The highest BCUT2D eigenvalue weighted by Crippen LogP contribution is 2.23. The normalized spacial score (nSPS) is 23.0. The molecule has 2 unspecified atom stereocenters. The highest BCUT2D eigenvalue weighted by atomic mass is 127. The van der Waals surface area contributed by atoms with Gasteiger partial charge in [0.1, 0.15) is 0 Å². The Bertz CT molecular complexity index is 352. The molecule has 0 aromatic rings. The van der Waals surface area contributed by atoms with Crippen LogP contribution in [0.25, 0.3) is 0 Å². The molecule has 0 aliphatic carbocycles. The van der Waals surface area contributed by atoms with Crippen LogP contribution in [0.1, 0.15) is 6.92 Å². The third-order valence-electron chi connectivity index (χ3n) is 2.98. The van der Waals surface area contributed by atoms with E-state index in [0.29, 0.717) is 13.1 Å². The lowest BCUT2D eigenvalue weighted by molar-refractivity contribution is -0.145. The van der Waals surface area contributed by atoms with E-state index in [2.05, 4.69) is 16.2 Å². The molecule has 1 rings (SSSR count). The first-order chi connectivity index (χ1) is 8.13. The van der Waals surface area contributed by atoms with Crippen LogP contribution >= 0.6 is 24.0 Å². The van der Waals surface area contributed by atoms with Crippen molar-refractivity contribution in [2.24, 2.45) is 16.8 Å². The van der Waals surface area contributed by atoms with Gasteiger partial charge < -0.3 is 15.0 Å². The van der Waals surface area contributed by atoms with Crippen LogP contribution in [0.5, 0.6) is 0 Å². The maximum atomic E-state index is 11.6. The maximum absolute atomic E-state index is 11.6. The van der Waals surface area contributed by atoms with Crippen molar-refractivity contribution in [3.05, 3.63) is 0 Å². The van der Waals surface area contributed by atoms with E-state index in [1.54, 1.807) is 7.05 Å². The lowest BCUT2D eigenvalue weighted by Crippen LogP contribution is -2.40. The number of rotatable bonds is 2. The number of nitrogens with zero attached hydrogens (tertiary/aromatic N) is 2. The van der Waals surface area contributed by atoms with Gasteiger partial charge in [-0.15, -0.1) is 30.4 Å². The van der Waals surface area contributed by atoms with E-state index in [0.717, 1.165) is 12.5 Å². The number of esters is 1. The Hall–Kier alpha value is -0.970. The van der Waals surface area contributed by atoms with Crippen molar-refractivity contribution >= 4 is 35.9 Å². The zero-order valence-electron chi connectivity index (χ0n) is 11.0. The molecule has 0 saturated carbocycles. The van der Waals surface area contributed by atoms with E-state index in [9.17, 15) is 4.79 Å². The largest absolute Gasteiger partial charge is 0.469 e. The minimum atomic E-state index is -0.160. The number of hydrogen-bond donors (Lipinski definition) is 1. The SMILES string of the molecule is C#CCNC(=NC)N1CC(C)C(C(=O)OC)C1.I. The highest BCUT2D eigenvalue weighted by Gasteiger charge is 2.36. The average molecular weight is 365 g/mol. The summed E-state index contributed by atoms with van der Waals surface area (Å²) < 4.78 is 4.79. The molecule has 2 atom stereocenters. The van der Waals surface area contributed by atoms with Crippen molar-refractivity contribution in [3.63, 3.8) is 0 Å². The first kappa shape index (κ1) is 17.0. The number of carbonyl (C=O) groups is 1. The number of terminal acetylenes is 1. The van der Waals surface area contributed by atoms with Gasteiger partial charge in [-0.05, 0) is 5.92 Å². The summed E-state index contributed by atoms with van der Waals surface area (Å²) in [5, 5.41) is 3.05. The van der Waals surface area contributed by atoms with Gasteiger partial charge in [0.25, 0.3) is 0 Å². The number of aliphatic imine (C=N–C) groups is 1. The van der Waals surface area contributed by atoms with Crippen LogP contribution in [-0.2, 0) is 9.53 Å². The fourth-order valence-electron chi connectivity index (χ4n) is 2.06. The lowest BCUT2D eigenvalue weighted by atomic mass is 9.99. The number of halogens is 1. The second-order valence-corrected chi connectivity index (χ2v) is 4.12. The van der Waals surface area contributed by atoms with Crippen molar-refractivity contribution < 1.29 is 9.53 Å². The Balaban J connectivity index is 0.00000289. The van der Waals surface area contributed by atoms with Crippen molar-refractivity contribution in [1.82, 2.24) is 10.2 Å². The van der Waals surface area contributed by atoms with Crippen LogP contribution in [0, 0.1) is 24.2 Å². The van der Waals surface area contributed by atoms with Crippen LogP contribution in [0.4, 0.5) is 0 Å². The summed E-state index contributed by atoms with van der Waals surface area (Å²) in [6.07, 6.45) is 5.19. The fraction of sp³-hybridized carbons (Fsp3) is 0.667. The Morgan fingerprint density at radius 3 is 2.78 bits per heavy atom. The molecule has 0 radical (unpaired) electrons. The van der Waals surface area contributed by atoms with E-state index in [1.165, 1.54) is 7.11 Å². The van der Waals surface area contributed by atoms with E-state index < -0.39 is 0 Å². The number of nitrogens with one attached hydrogen (secondary N) is 1. The van der Waals surface area contributed by atoms with Gasteiger partial charge in [0, 0.05) is 20.1 Å². The number of ether oxygens (including phenoxy) is 1. The van der Waals surface area contributed by atoms with E-state index in [4.69, 9.17) is 11.2 Å². The molecule has 6 heteroatoms. The molecule has 0 spiro atoms. The molecule has 1 heterocycles. The molecule has 0 amide bonds. The molecule has 0 aromatic carbocycles. The zero-order valence-corrected chi connectivity index (χ0v) is 13.3. The first-order valence-electron chi connectivity index (χ1n) is 5.61. The Morgan fingerprint density at radius 1 is 1.61 bits per heavy atom. The lowest BCUT2D eigenvalue weighted by Gasteiger charge is -2.20. The van der Waals surface area contributed by atoms with Crippen molar-refractivity contribution in [2.45, 2.75) is 6.92 Å². The summed E-state index contributed by atoms with van der Waals surface area (Å²) >= 11 is 0. The van der Waals surface area contributed by atoms with Gasteiger partial charge in [-0.2, -0.15) is 0 Å². The van der Waals surface area contributed by atoms with Crippen LogP contribution in [0.15, 0.2) is 4.99 Å². The maximum Gasteiger partial charge on any atom is 0.310 e. The molecule has 1 saturated heterocycles. The number of guanidine groups is 1. The Labute approximate surface area is 125 Å². The van der Waals surface area contributed by atoms with Crippen LogP contribution < -0.4 is 5.32 Å². The Morgan fingerprint density at radius 2 is 2.28 bits per heavy atom. The highest BCUT2D eigenvalue weighted by molar-refractivity contribution is 14.0. The van der Waals surface area contributed by atoms with Crippen LogP contribution in [0.2, 0.25) is 0 Å². The second-order valence-electron chi connectivity index (χ2n) is 4.12. The van der Waals surface area contributed by atoms with Crippen molar-refractivity contribution in [1.29, 1.82) is 0 Å². The monoisotopic (exact) mass is 365 g/mol. The molecule has 1 aliphatic rings. The van der Waals surface area contributed by atoms with Gasteiger partial charge in [0.05, 0.1) is 19.6 Å². The summed E-state index contributed by atoms with van der Waals surface area (Å²) in [5.74, 6) is 3.24. The van der Waals surface area contributed by atoms with Gasteiger partial charge in [-0.3, -0.25) is 9.79 Å². The molecule has 1 N–H and O–H groups in total. The molecule has 0 bridgehead atoms. The molecular formula is C12H20IN3O2. The summed E-state index contributed by atoms with van der Waals surface area (Å²) in [6, 6.07) is 0. The van der Waals surface area contributed by atoms with Crippen LogP contribution in [0.3, 0.4) is 0 Å². The third kappa shape index (κ3) is 4.05. The molecule has 1 aliphatic heterocycles. The summed E-state index contributed by atoms with van der Waals surface area (Å²) in [6.45, 7) is 3.87.